The number of imidazole rings is 1. The molecule has 1 amide bonds. The van der Waals surface area contributed by atoms with Gasteiger partial charge in [0.2, 0.25) is 5.91 Å². The number of H-pyrrole nitrogens is 2. The van der Waals surface area contributed by atoms with Crippen molar-refractivity contribution in [1.82, 2.24) is 40.1 Å². The van der Waals surface area contributed by atoms with Crippen LogP contribution < -0.4 is 5.32 Å². The fourth-order valence-electron chi connectivity index (χ4n) is 4.67. The Morgan fingerprint density at radius 1 is 0.921 bits per heavy atom. The molecule has 0 aromatic carbocycles. The van der Waals surface area contributed by atoms with Crippen LogP contribution in [0.3, 0.4) is 0 Å². The lowest BCUT2D eigenvalue weighted by molar-refractivity contribution is -0.122. The molecule has 10 nitrogen and oxygen atoms in total. The molecule has 0 bridgehead atoms. The summed E-state index contributed by atoms with van der Waals surface area (Å²) in [6.45, 7) is 0. The topological polar surface area (TPSA) is 138 Å². The van der Waals surface area contributed by atoms with Crippen LogP contribution in [0.4, 0.5) is 10.1 Å². The average Bonchev–Trinajstić information content (AvgIpc) is 3.53. The minimum Gasteiger partial charge on any atom is -0.336 e. The Hall–Kier alpha value is -5.06. The summed E-state index contributed by atoms with van der Waals surface area (Å²) in [5.74, 6) is -0.188. The third kappa shape index (κ3) is 3.67. The number of nitrogens with zero attached hydrogens (tertiary/aromatic N) is 6. The summed E-state index contributed by atoms with van der Waals surface area (Å²) in [4.78, 5) is 37.4. The van der Waals surface area contributed by atoms with E-state index >= 15 is 4.39 Å². The molecule has 6 aromatic rings. The molecule has 6 aromatic heterocycles. The molecule has 1 aliphatic carbocycles. The van der Waals surface area contributed by atoms with Crippen molar-refractivity contribution < 1.29 is 9.18 Å². The number of halogens is 1. The SMILES string of the molecule is O=C(Nc1cncc(-c2ncc3[nH]nc(-c4nc5c(-c6ccncc6)nccc5[nH]4)c3c2F)c1)C1CCC1. The molecule has 38 heavy (non-hydrogen) atoms. The molecule has 0 atom stereocenters. The van der Waals surface area contributed by atoms with Crippen LogP contribution in [0.1, 0.15) is 19.3 Å². The average molecular weight is 506 g/mol. The highest BCUT2D eigenvalue weighted by Crippen LogP contribution is 2.34. The Kier molecular flexibility index (Phi) is 5.13. The van der Waals surface area contributed by atoms with E-state index in [1.165, 1.54) is 12.4 Å². The minimum absolute atomic E-state index is 0.0245. The number of hydrogen-bond acceptors (Lipinski definition) is 7. The van der Waals surface area contributed by atoms with Crippen molar-refractivity contribution in [3.8, 4) is 34.0 Å². The summed E-state index contributed by atoms with van der Waals surface area (Å²) < 4.78 is 16.0. The smallest absolute Gasteiger partial charge is 0.227 e. The van der Waals surface area contributed by atoms with Crippen LogP contribution in [0.5, 0.6) is 0 Å². The van der Waals surface area contributed by atoms with Crippen LogP contribution in [0.15, 0.2) is 61.4 Å². The van der Waals surface area contributed by atoms with E-state index in [1.54, 1.807) is 30.9 Å². The molecule has 6 heterocycles. The molecule has 0 spiro atoms. The maximum Gasteiger partial charge on any atom is 0.227 e. The monoisotopic (exact) mass is 505 g/mol. The van der Waals surface area contributed by atoms with Crippen molar-refractivity contribution in [2.75, 3.05) is 5.32 Å². The number of fused-ring (bicyclic) bond motifs is 2. The molecule has 0 radical (unpaired) electrons. The summed E-state index contributed by atoms with van der Waals surface area (Å²) in [6.07, 6.45) is 12.5. The molecule has 7 rings (SSSR count). The predicted octanol–water partition coefficient (Wildman–Crippen LogP) is 4.90. The predicted molar refractivity (Wildman–Crippen MR) is 139 cm³/mol. The third-order valence-electron chi connectivity index (χ3n) is 6.88. The first kappa shape index (κ1) is 22.2. The number of pyridine rings is 4. The molecule has 186 valence electrons. The van der Waals surface area contributed by atoms with E-state index < -0.39 is 5.82 Å². The normalized spacial score (nSPS) is 13.6. The number of nitrogens with one attached hydrogen (secondary N) is 3. The summed E-state index contributed by atoms with van der Waals surface area (Å²) >= 11 is 0. The Balaban J connectivity index is 1.30. The number of aromatic amines is 2. The zero-order valence-electron chi connectivity index (χ0n) is 19.9. The Bertz CT molecular complexity index is 1830. The first-order chi connectivity index (χ1) is 18.7. The first-order valence-corrected chi connectivity index (χ1v) is 12.2. The van der Waals surface area contributed by atoms with Gasteiger partial charge in [-0.2, -0.15) is 5.10 Å². The number of hydrogen-bond donors (Lipinski definition) is 3. The Morgan fingerprint density at radius 2 is 1.79 bits per heavy atom. The van der Waals surface area contributed by atoms with Crippen molar-refractivity contribution in [2.24, 2.45) is 5.92 Å². The molecule has 11 heteroatoms. The van der Waals surface area contributed by atoms with E-state index in [0.29, 0.717) is 39.5 Å². The van der Waals surface area contributed by atoms with Gasteiger partial charge < -0.3 is 10.3 Å². The fraction of sp³-hybridized carbons (Fsp3) is 0.148. The molecule has 0 saturated heterocycles. The fourth-order valence-corrected chi connectivity index (χ4v) is 4.67. The maximum atomic E-state index is 16.0. The molecule has 0 unspecified atom stereocenters. The molecule has 0 aliphatic heterocycles. The lowest BCUT2D eigenvalue weighted by atomic mass is 9.85. The van der Waals surface area contributed by atoms with E-state index in [9.17, 15) is 4.79 Å². The summed E-state index contributed by atoms with van der Waals surface area (Å²) in [5.41, 5.74) is 4.72. The van der Waals surface area contributed by atoms with Crippen LogP contribution in [0, 0.1) is 11.7 Å². The van der Waals surface area contributed by atoms with Gasteiger partial charge in [0, 0.05) is 41.8 Å². The number of amides is 1. The number of carbonyl (C=O) groups excluding carboxylic acids is 1. The molecular weight excluding hydrogens is 485 g/mol. The van der Waals surface area contributed by atoms with E-state index in [1.807, 2.05) is 18.2 Å². The standard InChI is InChI=1S/C27H20FN9O/c28-21-20-19(13-32-22(21)16-10-17(12-30-11-16)33-27(38)15-2-1-3-15)36-37-25(20)26-34-18-6-9-31-23(24(18)35-26)14-4-7-29-8-5-14/h4-13,15H,1-3H2,(H,33,38)(H,34,35)(H,36,37). The van der Waals surface area contributed by atoms with E-state index in [0.717, 1.165) is 30.3 Å². The van der Waals surface area contributed by atoms with Crippen LogP contribution >= 0.6 is 0 Å². The van der Waals surface area contributed by atoms with Gasteiger partial charge in [-0.05, 0) is 37.1 Å². The summed E-state index contributed by atoms with van der Waals surface area (Å²) in [7, 11) is 0. The van der Waals surface area contributed by atoms with Gasteiger partial charge in [-0.15, -0.1) is 0 Å². The lowest BCUT2D eigenvalue weighted by Crippen LogP contribution is -2.28. The van der Waals surface area contributed by atoms with Gasteiger partial charge in [0.05, 0.1) is 40.2 Å². The van der Waals surface area contributed by atoms with E-state index in [2.05, 4.69) is 40.4 Å². The summed E-state index contributed by atoms with van der Waals surface area (Å²) in [6, 6.07) is 7.20. The van der Waals surface area contributed by atoms with Crippen molar-refractivity contribution in [3.63, 3.8) is 0 Å². The van der Waals surface area contributed by atoms with Crippen molar-refractivity contribution in [1.29, 1.82) is 0 Å². The second-order valence-electron chi connectivity index (χ2n) is 9.24. The van der Waals surface area contributed by atoms with E-state index in [4.69, 9.17) is 4.98 Å². The van der Waals surface area contributed by atoms with Crippen LogP contribution in [0.2, 0.25) is 0 Å². The zero-order chi connectivity index (χ0) is 25.6. The lowest BCUT2D eigenvalue weighted by Gasteiger charge is -2.24. The van der Waals surface area contributed by atoms with Crippen molar-refractivity contribution in [3.05, 3.63) is 67.3 Å². The molecule has 1 fully saturated rings. The van der Waals surface area contributed by atoms with Gasteiger partial charge in [-0.3, -0.25) is 29.8 Å². The summed E-state index contributed by atoms with van der Waals surface area (Å²) in [5, 5.41) is 10.3. The largest absolute Gasteiger partial charge is 0.336 e. The van der Waals surface area contributed by atoms with Crippen LogP contribution in [0.25, 0.3) is 56.0 Å². The highest BCUT2D eigenvalue weighted by molar-refractivity contribution is 5.98. The molecule has 1 saturated carbocycles. The van der Waals surface area contributed by atoms with E-state index in [-0.39, 0.29) is 22.9 Å². The van der Waals surface area contributed by atoms with Crippen molar-refractivity contribution >= 4 is 33.5 Å². The van der Waals surface area contributed by atoms with Gasteiger partial charge in [0.25, 0.3) is 0 Å². The number of carbonyl (C=O) groups is 1. The Labute approximate surface area is 214 Å². The zero-order valence-corrected chi connectivity index (χ0v) is 19.9. The highest BCUT2D eigenvalue weighted by Gasteiger charge is 2.26. The molecule has 3 N–H and O–H groups in total. The number of anilines is 1. The van der Waals surface area contributed by atoms with Gasteiger partial charge in [0.1, 0.15) is 16.9 Å². The Morgan fingerprint density at radius 3 is 2.61 bits per heavy atom. The second-order valence-corrected chi connectivity index (χ2v) is 9.24. The van der Waals surface area contributed by atoms with Gasteiger partial charge >= 0.3 is 0 Å². The molecule has 1 aliphatic rings. The van der Waals surface area contributed by atoms with Crippen LogP contribution in [-0.4, -0.2) is 46.0 Å². The second kappa shape index (κ2) is 8.80. The highest BCUT2D eigenvalue weighted by atomic mass is 19.1. The van der Waals surface area contributed by atoms with Gasteiger partial charge in [0.15, 0.2) is 11.6 Å². The van der Waals surface area contributed by atoms with Crippen LogP contribution in [-0.2, 0) is 4.79 Å². The number of aromatic nitrogens is 8. The maximum absolute atomic E-state index is 16.0. The first-order valence-electron chi connectivity index (χ1n) is 12.2. The van der Waals surface area contributed by atoms with Gasteiger partial charge in [-0.1, -0.05) is 6.42 Å². The minimum atomic E-state index is -0.566. The quantitative estimate of drug-likeness (QED) is 0.303. The third-order valence-corrected chi connectivity index (χ3v) is 6.88. The van der Waals surface area contributed by atoms with Crippen molar-refractivity contribution in [2.45, 2.75) is 19.3 Å². The number of rotatable bonds is 5. The molecular formula is C27H20FN9O. The van der Waals surface area contributed by atoms with Gasteiger partial charge in [-0.25, -0.2) is 9.37 Å².